The second-order valence-corrected chi connectivity index (χ2v) is 8.87. The van der Waals surface area contributed by atoms with Crippen molar-refractivity contribution in [2.45, 2.75) is 32.9 Å². The highest BCUT2D eigenvalue weighted by molar-refractivity contribution is 5.84. The Balaban J connectivity index is 1.59. The Morgan fingerprint density at radius 3 is 2.25 bits per heavy atom. The first-order valence-electron chi connectivity index (χ1n) is 11.1. The third-order valence-electron chi connectivity index (χ3n) is 6.64. The number of likely N-dealkylation sites (tertiary alicyclic amines) is 1. The van der Waals surface area contributed by atoms with Crippen LogP contribution in [0.1, 0.15) is 36.5 Å². The monoisotopic (exact) mass is 429 g/mol. The number of Topliss-reactive ketones (excluding diaryl/α,β-unsaturated/α-hetero) is 1. The van der Waals surface area contributed by atoms with Crippen LogP contribution in [0, 0.1) is 5.41 Å². The highest BCUT2D eigenvalue weighted by Crippen LogP contribution is 2.45. The molecule has 0 aliphatic carbocycles. The van der Waals surface area contributed by atoms with Crippen molar-refractivity contribution in [3.63, 3.8) is 0 Å². The van der Waals surface area contributed by atoms with E-state index in [-0.39, 0.29) is 11.7 Å². The molecular formula is C28H31NO3. The maximum absolute atomic E-state index is 12.8. The van der Waals surface area contributed by atoms with Crippen molar-refractivity contribution < 1.29 is 14.3 Å². The molecule has 0 unspecified atom stereocenters. The van der Waals surface area contributed by atoms with Crippen LogP contribution in [0.5, 0.6) is 11.5 Å². The summed E-state index contributed by atoms with van der Waals surface area (Å²) in [6.45, 7) is 6.70. The van der Waals surface area contributed by atoms with E-state index in [4.69, 9.17) is 9.47 Å². The van der Waals surface area contributed by atoms with E-state index < -0.39 is 5.41 Å². The van der Waals surface area contributed by atoms with E-state index in [0.29, 0.717) is 18.1 Å². The zero-order valence-corrected chi connectivity index (χ0v) is 19.1. The predicted octanol–water partition coefficient (Wildman–Crippen LogP) is 5.47. The summed E-state index contributed by atoms with van der Waals surface area (Å²) in [5, 5.41) is 0. The minimum absolute atomic E-state index is 0.0914. The fourth-order valence-corrected chi connectivity index (χ4v) is 4.65. The second-order valence-electron chi connectivity index (χ2n) is 8.87. The van der Waals surface area contributed by atoms with Gasteiger partial charge in [-0.05, 0) is 35.7 Å². The number of carbonyl (C=O) groups is 1. The fraction of sp³-hybridized carbons (Fsp3) is 0.321. The number of ketones is 1. The largest absolute Gasteiger partial charge is 0.493 e. The molecule has 2 atom stereocenters. The molecule has 32 heavy (non-hydrogen) atoms. The molecule has 0 bridgehead atoms. The zero-order valence-electron chi connectivity index (χ0n) is 19.1. The summed E-state index contributed by atoms with van der Waals surface area (Å²) in [6.07, 6.45) is 0. The zero-order chi connectivity index (χ0) is 22.6. The molecule has 4 nitrogen and oxygen atoms in total. The average molecular weight is 430 g/mol. The Morgan fingerprint density at radius 1 is 0.969 bits per heavy atom. The molecule has 0 aromatic heterocycles. The van der Waals surface area contributed by atoms with Gasteiger partial charge in [0.25, 0.3) is 0 Å². The van der Waals surface area contributed by atoms with E-state index in [1.54, 1.807) is 14.0 Å². The first-order valence-corrected chi connectivity index (χ1v) is 11.1. The highest BCUT2D eigenvalue weighted by Gasteiger charge is 2.47. The van der Waals surface area contributed by atoms with E-state index in [1.807, 2.05) is 42.5 Å². The number of rotatable bonds is 8. The van der Waals surface area contributed by atoms with Gasteiger partial charge in [0, 0.05) is 31.0 Å². The standard InChI is InChI=1S/C28H31NO3/c1-21(30)28(2)20-29(17-22-10-6-4-7-11-22)18-25(28)24-14-15-26(31-3)27(16-24)32-19-23-12-8-5-9-13-23/h4-16,25H,17-20H2,1-3H3/t25-,28+/m1/s1. The topological polar surface area (TPSA) is 38.8 Å². The number of hydrogen-bond acceptors (Lipinski definition) is 4. The lowest BCUT2D eigenvalue weighted by Gasteiger charge is -2.28. The normalized spacial score (nSPS) is 20.8. The van der Waals surface area contributed by atoms with Crippen molar-refractivity contribution in [2.24, 2.45) is 5.41 Å². The summed E-state index contributed by atoms with van der Waals surface area (Å²) in [4.78, 5) is 15.2. The highest BCUT2D eigenvalue weighted by atomic mass is 16.5. The summed E-state index contributed by atoms with van der Waals surface area (Å²) in [7, 11) is 1.65. The first kappa shape index (κ1) is 22.1. The van der Waals surface area contributed by atoms with Gasteiger partial charge in [-0.2, -0.15) is 0 Å². The maximum atomic E-state index is 12.8. The third kappa shape index (κ3) is 4.71. The molecule has 0 spiro atoms. The molecule has 3 aromatic carbocycles. The molecule has 1 aliphatic heterocycles. The summed E-state index contributed by atoms with van der Waals surface area (Å²) < 4.78 is 11.7. The number of carbonyl (C=O) groups excluding carboxylic acids is 1. The summed E-state index contributed by atoms with van der Waals surface area (Å²) in [5.41, 5.74) is 3.03. The molecule has 0 N–H and O–H groups in total. The molecule has 4 rings (SSSR count). The maximum Gasteiger partial charge on any atom is 0.161 e. The van der Waals surface area contributed by atoms with Crippen molar-refractivity contribution in [3.05, 3.63) is 95.6 Å². The van der Waals surface area contributed by atoms with Crippen molar-refractivity contribution in [1.29, 1.82) is 0 Å². The Kier molecular flexibility index (Phi) is 6.61. The summed E-state index contributed by atoms with van der Waals surface area (Å²) in [6, 6.07) is 26.6. The number of nitrogens with zero attached hydrogens (tertiary/aromatic N) is 1. The SMILES string of the molecule is COc1ccc([C@H]2CN(Cc3ccccc3)C[C@@]2(C)C(C)=O)cc1OCc1ccccc1. The van der Waals surface area contributed by atoms with Gasteiger partial charge in [0.2, 0.25) is 0 Å². The molecule has 0 amide bonds. The van der Waals surface area contributed by atoms with Gasteiger partial charge in [-0.1, -0.05) is 73.7 Å². The smallest absolute Gasteiger partial charge is 0.161 e. The number of methoxy groups -OCH3 is 1. The first-order chi connectivity index (χ1) is 15.5. The van der Waals surface area contributed by atoms with Gasteiger partial charge in [-0.25, -0.2) is 0 Å². The van der Waals surface area contributed by atoms with Crippen LogP contribution in [0.4, 0.5) is 0 Å². The van der Waals surface area contributed by atoms with Gasteiger partial charge < -0.3 is 9.47 Å². The predicted molar refractivity (Wildman–Crippen MR) is 127 cm³/mol. The van der Waals surface area contributed by atoms with Crippen molar-refractivity contribution in [1.82, 2.24) is 4.90 Å². The van der Waals surface area contributed by atoms with Crippen LogP contribution in [0.15, 0.2) is 78.9 Å². The van der Waals surface area contributed by atoms with Gasteiger partial charge in [-0.15, -0.1) is 0 Å². The number of hydrogen-bond donors (Lipinski definition) is 0. The van der Waals surface area contributed by atoms with Gasteiger partial charge in [0.15, 0.2) is 11.5 Å². The molecule has 1 saturated heterocycles. The van der Waals surface area contributed by atoms with Crippen LogP contribution in [-0.2, 0) is 17.9 Å². The lowest BCUT2D eigenvalue weighted by atomic mass is 9.73. The van der Waals surface area contributed by atoms with Crippen LogP contribution in [-0.4, -0.2) is 30.9 Å². The molecule has 4 heteroatoms. The number of benzene rings is 3. The summed E-state index contributed by atoms with van der Waals surface area (Å²) in [5.74, 6) is 1.73. The second kappa shape index (κ2) is 9.58. The lowest BCUT2D eigenvalue weighted by Crippen LogP contribution is -2.33. The molecule has 1 heterocycles. The quantitative estimate of drug-likeness (QED) is 0.476. The molecule has 0 saturated carbocycles. The van der Waals surface area contributed by atoms with E-state index in [9.17, 15) is 4.79 Å². The van der Waals surface area contributed by atoms with Crippen LogP contribution >= 0.6 is 0 Å². The molecule has 3 aromatic rings. The lowest BCUT2D eigenvalue weighted by molar-refractivity contribution is -0.125. The van der Waals surface area contributed by atoms with E-state index in [0.717, 1.165) is 30.8 Å². The fourth-order valence-electron chi connectivity index (χ4n) is 4.65. The Labute approximate surface area is 190 Å². The van der Waals surface area contributed by atoms with Crippen molar-refractivity contribution >= 4 is 5.78 Å². The Hall–Kier alpha value is -3.11. The molecule has 1 aliphatic rings. The minimum Gasteiger partial charge on any atom is -0.493 e. The van der Waals surface area contributed by atoms with Crippen molar-refractivity contribution in [3.8, 4) is 11.5 Å². The van der Waals surface area contributed by atoms with E-state index >= 15 is 0 Å². The van der Waals surface area contributed by atoms with Gasteiger partial charge in [0.1, 0.15) is 12.4 Å². The molecule has 1 fully saturated rings. The minimum atomic E-state index is -0.444. The average Bonchev–Trinajstić information content (AvgIpc) is 3.16. The van der Waals surface area contributed by atoms with Gasteiger partial charge in [0.05, 0.1) is 7.11 Å². The van der Waals surface area contributed by atoms with Gasteiger partial charge in [-0.3, -0.25) is 9.69 Å². The molecule has 166 valence electrons. The number of ether oxygens (including phenoxy) is 2. The van der Waals surface area contributed by atoms with Crippen molar-refractivity contribution in [2.75, 3.05) is 20.2 Å². The summed E-state index contributed by atoms with van der Waals surface area (Å²) >= 11 is 0. The Morgan fingerprint density at radius 2 is 1.62 bits per heavy atom. The van der Waals surface area contributed by atoms with E-state index in [2.05, 4.69) is 48.2 Å². The Bertz CT molecular complexity index is 1050. The molecule has 0 radical (unpaired) electrons. The van der Waals surface area contributed by atoms with E-state index in [1.165, 1.54) is 5.56 Å². The van der Waals surface area contributed by atoms with Crippen LogP contribution in [0.3, 0.4) is 0 Å². The molecular weight excluding hydrogens is 398 g/mol. The van der Waals surface area contributed by atoms with Crippen LogP contribution < -0.4 is 9.47 Å². The van der Waals surface area contributed by atoms with Gasteiger partial charge >= 0.3 is 0 Å². The third-order valence-corrected chi connectivity index (χ3v) is 6.64. The van der Waals surface area contributed by atoms with Crippen LogP contribution in [0.25, 0.3) is 0 Å². The van der Waals surface area contributed by atoms with Crippen LogP contribution in [0.2, 0.25) is 0 Å².